The third-order valence-electron chi connectivity index (χ3n) is 5.66. The topological polar surface area (TPSA) is 130 Å². The van der Waals surface area contributed by atoms with Crippen molar-refractivity contribution in [2.75, 3.05) is 18.5 Å². The highest BCUT2D eigenvalue weighted by atomic mass is 32.1. The van der Waals surface area contributed by atoms with Gasteiger partial charge in [0.05, 0.1) is 45.9 Å². The minimum absolute atomic E-state index is 0.226. The zero-order valence-corrected chi connectivity index (χ0v) is 21.4. The molecule has 10 nitrogen and oxygen atoms in total. The predicted octanol–water partition coefficient (Wildman–Crippen LogP) is 5.95. The van der Waals surface area contributed by atoms with Crippen LogP contribution in [0.1, 0.15) is 17.3 Å². The van der Waals surface area contributed by atoms with Gasteiger partial charge in [0.2, 0.25) is 0 Å². The summed E-state index contributed by atoms with van der Waals surface area (Å²) in [6.07, 6.45) is 3.09. The first-order chi connectivity index (χ1) is 19.1. The summed E-state index contributed by atoms with van der Waals surface area (Å²) in [4.78, 5) is 38.9. The fourth-order valence-electron chi connectivity index (χ4n) is 3.94. The van der Waals surface area contributed by atoms with Crippen LogP contribution >= 0.6 is 11.3 Å². The number of rotatable bonds is 8. The van der Waals surface area contributed by atoms with E-state index in [-0.39, 0.29) is 5.56 Å². The number of benzene rings is 2. The Morgan fingerprint density at radius 1 is 0.872 bits per heavy atom. The molecule has 4 heterocycles. The Labute approximate surface area is 225 Å². The number of esters is 1. The first-order valence-corrected chi connectivity index (χ1v) is 12.8. The second-order valence-electron chi connectivity index (χ2n) is 8.28. The number of aromatic nitrogens is 3. The molecule has 0 unspecified atom stereocenters. The Morgan fingerprint density at radius 2 is 1.59 bits per heavy atom. The van der Waals surface area contributed by atoms with Crippen molar-refractivity contribution in [1.82, 2.24) is 15.0 Å². The van der Waals surface area contributed by atoms with Gasteiger partial charge in [-0.3, -0.25) is 10.1 Å². The van der Waals surface area contributed by atoms with Gasteiger partial charge in [-0.1, -0.05) is 11.3 Å². The van der Waals surface area contributed by atoms with Gasteiger partial charge >= 0.3 is 5.97 Å². The predicted molar refractivity (Wildman–Crippen MR) is 145 cm³/mol. The van der Waals surface area contributed by atoms with Crippen molar-refractivity contribution in [2.24, 2.45) is 0 Å². The van der Waals surface area contributed by atoms with Crippen LogP contribution in [-0.4, -0.2) is 40.0 Å². The van der Waals surface area contributed by atoms with Gasteiger partial charge in [-0.15, -0.1) is 0 Å². The second-order valence-corrected chi connectivity index (χ2v) is 9.32. The molecule has 0 saturated carbocycles. The molecule has 2 aromatic carbocycles. The molecular formula is C28H20N4O6S. The van der Waals surface area contributed by atoms with Gasteiger partial charge in [-0.2, -0.15) is 0 Å². The van der Waals surface area contributed by atoms with Gasteiger partial charge in [-0.25, -0.2) is 19.7 Å². The van der Waals surface area contributed by atoms with Crippen LogP contribution < -0.4 is 10.1 Å². The summed E-state index contributed by atoms with van der Waals surface area (Å²) < 4.78 is 22.7. The first-order valence-electron chi connectivity index (χ1n) is 12.0. The molecule has 39 heavy (non-hydrogen) atoms. The minimum Gasteiger partial charge on any atom is -0.494 e. The highest BCUT2D eigenvalue weighted by Crippen LogP contribution is 2.32. The number of amides is 1. The summed E-state index contributed by atoms with van der Waals surface area (Å²) in [5.74, 6) is 0.594. The molecule has 6 aromatic rings. The summed E-state index contributed by atoms with van der Waals surface area (Å²) in [6, 6.07) is 17.4. The van der Waals surface area contributed by atoms with Crippen LogP contribution in [0.4, 0.5) is 5.13 Å². The van der Waals surface area contributed by atoms with Gasteiger partial charge < -0.3 is 18.3 Å². The number of thiazole rings is 1. The van der Waals surface area contributed by atoms with Gasteiger partial charge in [0.25, 0.3) is 5.91 Å². The monoisotopic (exact) mass is 540 g/mol. The number of anilines is 1. The van der Waals surface area contributed by atoms with E-state index < -0.39 is 18.5 Å². The number of nitrogens with one attached hydrogen (secondary N) is 1. The summed E-state index contributed by atoms with van der Waals surface area (Å²) >= 11 is 1.30. The number of furan rings is 2. The number of carbonyl (C=O) groups is 2. The van der Waals surface area contributed by atoms with E-state index in [4.69, 9.17) is 18.3 Å². The number of fused-ring (bicyclic) bond motifs is 2. The van der Waals surface area contributed by atoms with Crippen molar-refractivity contribution in [1.29, 1.82) is 0 Å². The van der Waals surface area contributed by atoms with Crippen LogP contribution in [-0.2, 0) is 9.53 Å². The summed E-state index contributed by atoms with van der Waals surface area (Å²) in [5, 5.41) is 3.07. The van der Waals surface area contributed by atoms with Crippen molar-refractivity contribution in [3.05, 3.63) is 78.8 Å². The van der Waals surface area contributed by atoms with Gasteiger partial charge in [0, 0.05) is 0 Å². The van der Waals surface area contributed by atoms with Gasteiger partial charge in [0.1, 0.15) is 17.1 Å². The highest BCUT2D eigenvalue weighted by molar-refractivity contribution is 7.22. The summed E-state index contributed by atoms with van der Waals surface area (Å²) in [7, 11) is 0. The molecule has 0 fully saturated rings. The van der Waals surface area contributed by atoms with E-state index in [0.717, 1.165) is 16.0 Å². The largest absolute Gasteiger partial charge is 0.494 e. The fraction of sp³-hybridized carbons (Fsp3) is 0.107. The van der Waals surface area contributed by atoms with E-state index in [9.17, 15) is 9.59 Å². The molecule has 194 valence electrons. The molecule has 0 saturated heterocycles. The number of carbonyl (C=O) groups excluding carboxylic acids is 2. The SMILES string of the molecule is CCOc1ccc2nc(NC(=O)COC(=O)c3ccc4nc(-c5ccco5)c(-c5ccco5)nc4c3)sc2c1. The van der Waals surface area contributed by atoms with E-state index in [1.54, 1.807) is 55.0 Å². The molecule has 0 spiro atoms. The summed E-state index contributed by atoms with van der Waals surface area (Å²) in [5.41, 5.74) is 2.95. The molecule has 0 bridgehead atoms. The first kappa shape index (κ1) is 24.3. The van der Waals surface area contributed by atoms with Crippen LogP contribution in [0.5, 0.6) is 5.75 Å². The van der Waals surface area contributed by atoms with Crippen molar-refractivity contribution in [3.63, 3.8) is 0 Å². The second kappa shape index (κ2) is 10.4. The standard InChI is InChI=1S/C28H20N4O6S/c1-2-35-17-8-10-19-23(14-17)39-28(31-19)32-24(33)15-38-27(34)16-7-9-18-20(13-16)30-26(22-6-4-12-37-22)25(29-18)21-5-3-11-36-21/h3-14H,2,15H2,1H3,(H,31,32,33). The summed E-state index contributed by atoms with van der Waals surface area (Å²) in [6.45, 7) is 1.99. The van der Waals surface area contributed by atoms with Crippen LogP contribution in [0.15, 0.2) is 82.0 Å². The van der Waals surface area contributed by atoms with E-state index >= 15 is 0 Å². The molecule has 6 rings (SSSR count). The lowest BCUT2D eigenvalue weighted by Crippen LogP contribution is -2.20. The minimum atomic E-state index is -0.672. The molecule has 4 aromatic heterocycles. The average molecular weight is 541 g/mol. The van der Waals surface area contributed by atoms with Crippen LogP contribution in [0, 0.1) is 0 Å². The van der Waals surface area contributed by atoms with Gasteiger partial charge in [0.15, 0.2) is 23.3 Å². The molecule has 0 atom stereocenters. The zero-order chi connectivity index (χ0) is 26.8. The molecule has 1 amide bonds. The maximum atomic E-state index is 12.7. The van der Waals surface area contributed by atoms with Crippen molar-refractivity contribution < 1.29 is 27.9 Å². The molecule has 0 aliphatic heterocycles. The maximum Gasteiger partial charge on any atom is 0.338 e. The quantitative estimate of drug-likeness (QED) is 0.233. The van der Waals surface area contributed by atoms with E-state index in [2.05, 4.69) is 20.3 Å². The van der Waals surface area contributed by atoms with Crippen molar-refractivity contribution >= 4 is 49.6 Å². The fourth-order valence-corrected chi connectivity index (χ4v) is 4.85. The molecule has 11 heteroatoms. The normalized spacial score (nSPS) is 11.1. The Kier molecular flexibility index (Phi) is 6.47. The van der Waals surface area contributed by atoms with Crippen LogP contribution in [0.3, 0.4) is 0 Å². The molecule has 0 aliphatic carbocycles. The lowest BCUT2D eigenvalue weighted by Gasteiger charge is -2.08. The smallest absolute Gasteiger partial charge is 0.338 e. The van der Waals surface area contributed by atoms with Crippen LogP contribution in [0.2, 0.25) is 0 Å². The molecule has 0 aliphatic rings. The average Bonchev–Trinajstić information content (AvgIpc) is 3.73. The Morgan fingerprint density at radius 3 is 2.28 bits per heavy atom. The maximum absolute atomic E-state index is 12.7. The Bertz CT molecular complexity index is 1790. The van der Waals surface area contributed by atoms with E-state index in [1.165, 1.54) is 11.3 Å². The van der Waals surface area contributed by atoms with Crippen molar-refractivity contribution in [2.45, 2.75) is 6.92 Å². The Hall–Kier alpha value is -5.03. The highest BCUT2D eigenvalue weighted by Gasteiger charge is 2.19. The Balaban J connectivity index is 1.17. The third-order valence-corrected chi connectivity index (χ3v) is 6.59. The molecular weight excluding hydrogens is 520 g/mol. The lowest BCUT2D eigenvalue weighted by molar-refractivity contribution is -0.119. The lowest BCUT2D eigenvalue weighted by atomic mass is 10.1. The van der Waals surface area contributed by atoms with Crippen LogP contribution in [0.25, 0.3) is 44.2 Å². The molecule has 0 radical (unpaired) electrons. The number of hydrogen-bond acceptors (Lipinski definition) is 10. The number of nitrogens with zero attached hydrogens (tertiary/aromatic N) is 3. The molecule has 1 N–H and O–H groups in total. The van der Waals surface area contributed by atoms with E-state index in [1.807, 2.05) is 25.1 Å². The number of ether oxygens (including phenoxy) is 2. The van der Waals surface area contributed by atoms with Crippen molar-refractivity contribution in [3.8, 4) is 28.7 Å². The van der Waals surface area contributed by atoms with Gasteiger partial charge in [-0.05, 0) is 67.6 Å². The zero-order valence-electron chi connectivity index (χ0n) is 20.5. The third kappa shape index (κ3) is 5.07. The number of hydrogen-bond donors (Lipinski definition) is 1. The van der Waals surface area contributed by atoms with E-state index in [0.29, 0.717) is 45.7 Å².